The van der Waals surface area contributed by atoms with Crippen LogP contribution in [-0.4, -0.2) is 60.0 Å². The van der Waals surface area contributed by atoms with E-state index in [1.807, 2.05) is 18.0 Å². The zero-order valence-electron chi connectivity index (χ0n) is 12.7. The summed E-state index contributed by atoms with van der Waals surface area (Å²) >= 11 is 0. The van der Waals surface area contributed by atoms with E-state index >= 15 is 0 Å². The van der Waals surface area contributed by atoms with E-state index in [1.54, 1.807) is 12.3 Å². The Morgan fingerprint density at radius 1 is 1.19 bits per heavy atom. The van der Waals surface area contributed by atoms with E-state index in [-0.39, 0.29) is 5.91 Å². The van der Waals surface area contributed by atoms with E-state index in [9.17, 15) is 4.79 Å². The lowest BCUT2D eigenvalue weighted by molar-refractivity contribution is 0.0568. The molecule has 1 N–H and O–H groups in total. The first kappa shape index (κ1) is 14.3. The molecule has 0 unspecified atom stereocenters. The average molecular weight is 288 g/mol. The van der Waals surface area contributed by atoms with Crippen molar-refractivity contribution in [2.45, 2.75) is 31.7 Å². The van der Waals surface area contributed by atoms with Gasteiger partial charge in [0.05, 0.1) is 11.9 Å². The summed E-state index contributed by atoms with van der Waals surface area (Å²) in [5.74, 6) is 0.0590. The molecule has 114 valence electrons. The van der Waals surface area contributed by atoms with E-state index in [2.05, 4.69) is 15.2 Å². The van der Waals surface area contributed by atoms with Crippen molar-refractivity contribution in [3.63, 3.8) is 0 Å². The highest BCUT2D eigenvalue weighted by Crippen LogP contribution is 2.24. The van der Waals surface area contributed by atoms with Crippen molar-refractivity contribution in [1.29, 1.82) is 0 Å². The fraction of sp³-hybridized carbons (Fsp3) is 0.625. The van der Waals surface area contributed by atoms with Gasteiger partial charge in [-0.3, -0.25) is 9.69 Å². The molecule has 0 aromatic carbocycles. The predicted octanol–water partition coefficient (Wildman–Crippen LogP) is 1.82. The molecule has 2 fully saturated rings. The van der Waals surface area contributed by atoms with Gasteiger partial charge in [-0.2, -0.15) is 0 Å². The first-order valence-electron chi connectivity index (χ1n) is 7.95. The SMILES string of the molecule is CNc1ccc(C(=O)N2CCN(C3CCCC3)CC2)nc1. The van der Waals surface area contributed by atoms with Gasteiger partial charge in [-0.05, 0) is 25.0 Å². The molecule has 0 spiro atoms. The van der Waals surface area contributed by atoms with Gasteiger partial charge >= 0.3 is 0 Å². The fourth-order valence-electron chi connectivity index (χ4n) is 3.39. The molecule has 3 rings (SSSR count). The number of aromatic nitrogens is 1. The van der Waals surface area contributed by atoms with Crippen molar-refractivity contribution in [2.24, 2.45) is 0 Å². The number of nitrogens with zero attached hydrogens (tertiary/aromatic N) is 3. The number of carbonyl (C=O) groups is 1. The van der Waals surface area contributed by atoms with Crippen LogP contribution in [-0.2, 0) is 0 Å². The Morgan fingerprint density at radius 3 is 2.48 bits per heavy atom. The number of rotatable bonds is 3. The number of carbonyl (C=O) groups excluding carboxylic acids is 1. The van der Waals surface area contributed by atoms with Crippen molar-refractivity contribution < 1.29 is 4.79 Å². The zero-order chi connectivity index (χ0) is 14.7. The highest BCUT2D eigenvalue weighted by molar-refractivity contribution is 5.92. The van der Waals surface area contributed by atoms with Crippen LogP contribution in [0.5, 0.6) is 0 Å². The third kappa shape index (κ3) is 3.18. The third-order valence-corrected chi connectivity index (χ3v) is 4.71. The molecular formula is C16H24N4O. The number of amides is 1. The smallest absolute Gasteiger partial charge is 0.272 e. The summed E-state index contributed by atoms with van der Waals surface area (Å²) < 4.78 is 0. The first-order valence-corrected chi connectivity index (χ1v) is 7.95. The van der Waals surface area contributed by atoms with Gasteiger partial charge in [-0.25, -0.2) is 4.98 Å². The molecule has 0 bridgehead atoms. The van der Waals surface area contributed by atoms with Gasteiger partial charge in [0.25, 0.3) is 5.91 Å². The Kier molecular flexibility index (Phi) is 4.39. The van der Waals surface area contributed by atoms with E-state index in [0.29, 0.717) is 5.69 Å². The quantitative estimate of drug-likeness (QED) is 0.922. The van der Waals surface area contributed by atoms with Crippen LogP contribution in [0.4, 0.5) is 5.69 Å². The van der Waals surface area contributed by atoms with E-state index < -0.39 is 0 Å². The molecule has 0 radical (unpaired) electrons. The highest BCUT2D eigenvalue weighted by atomic mass is 16.2. The maximum Gasteiger partial charge on any atom is 0.272 e. The molecule has 1 aromatic rings. The summed E-state index contributed by atoms with van der Waals surface area (Å²) in [6.07, 6.45) is 7.11. The van der Waals surface area contributed by atoms with Crippen LogP contribution < -0.4 is 5.32 Å². The lowest BCUT2D eigenvalue weighted by Gasteiger charge is -2.37. The maximum absolute atomic E-state index is 12.5. The Morgan fingerprint density at radius 2 is 1.90 bits per heavy atom. The molecule has 0 atom stereocenters. The molecular weight excluding hydrogens is 264 g/mol. The Labute approximate surface area is 126 Å². The predicted molar refractivity (Wildman–Crippen MR) is 83.5 cm³/mol. The standard InChI is InChI=1S/C16H24N4O/c1-17-13-6-7-15(18-12-13)16(21)20-10-8-19(9-11-20)14-4-2-3-5-14/h6-7,12,14,17H,2-5,8-11H2,1H3. The minimum Gasteiger partial charge on any atom is -0.387 e. The summed E-state index contributed by atoms with van der Waals surface area (Å²) in [4.78, 5) is 21.2. The molecule has 1 aliphatic carbocycles. The van der Waals surface area contributed by atoms with Gasteiger partial charge < -0.3 is 10.2 Å². The van der Waals surface area contributed by atoms with Crippen LogP contribution in [0.25, 0.3) is 0 Å². The van der Waals surface area contributed by atoms with Crippen LogP contribution in [0.1, 0.15) is 36.2 Å². The Hall–Kier alpha value is -1.62. The summed E-state index contributed by atoms with van der Waals surface area (Å²) in [5, 5.41) is 3.02. The van der Waals surface area contributed by atoms with Gasteiger partial charge in [0.2, 0.25) is 0 Å². The lowest BCUT2D eigenvalue weighted by Crippen LogP contribution is -2.51. The van der Waals surface area contributed by atoms with Crippen LogP contribution in [0.2, 0.25) is 0 Å². The van der Waals surface area contributed by atoms with Crippen molar-refractivity contribution in [2.75, 3.05) is 38.5 Å². The second kappa shape index (κ2) is 6.43. The average Bonchev–Trinajstić information content (AvgIpc) is 3.09. The van der Waals surface area contributed by atoms with Crippen molar-refractivity contribution >= 4 is 11.6 Å². The number of pyridine rings is 1. The van der Waals surface area contributed by atoms with E-state index in [1.165, 1.54) is 25.7 Å². The fourth-order valence-corrected chi connectivity index (χ4v) is 3.39. The molecule has 2 heterocycles. The van der Waals surface area contributed by atoms with Crippen LogP contribution >= 0.6 is 0 Å². The normalized spacial score (nSPS) is 20.7. The summed E-state index contributed by atoms with van der Waals surface area (Å²) in [7, 11) is 1.85. The second-order valence-corrected chi connectivity index (χ2v) is 5.95. The van der Waals surface area contributed by atoms with Gasteiger partial charge in [-0.1, -0.05) is 12.8 Å². The summed E-state index contributed by atoms with van der Waals surface area (Å²) in [6.45, 7) is 3.66. The molecule has 5 nitrogen and oxygen atoms in total. The molecule has 1 aliphatic heterocycles. The molecule has 1 amide bonds. The van der Waals surface area contributed by atoms with E-state index in [4.69, 9.17) is 0 Å². The molecule has 2 aliphatic rings. The largest absolute Gasteiger partial charge is 0.387 e. The lowest BCUT2D eigenvalue weighted by atomic mass is 10.1. The molecule has 1 saturated carbocycles. The molecule has 5 heteroatoms. The minimum atomic E-state index is 0.0590. The third-order valence-electron chi connectivity index (χ3n) is 4.71. The second-order valence-electron chi connectivity index (χ2n) is 5.95. The number of nitrogens with one attached hydrogen (secondary N) is 1. The van der Waals surface area contributed by atoms with Gasteiger partial charge in [0, 0.05) is 39.3 Å². The summed E-state index contributed by atoms with van der Waals surface area (Å²) in [5.41, 5.74) is 1.47. The maximum atomic E-state index is 12.5. The van der Waals surface area contributed by atoms with Crippen LogP contribution in [0.3, 0.4) is 0 Å². The van der Waals surface area contributed by atoms with Gasteiger partial charge in [-0.15, -0.1) is 0 Å². The highest BCUT2D eigenvalue weighted by Gasteiger charge is 2.28. The van der Waals surface area contributed by atoms with Crippen molar-refractivity contribution in [3.05, 3.63) is 24.0 Å². The summed E-state index contributed by atoms with van der Waals surface area (Å²) in [6, 6.07) is 4.46. The van der Waals surface area contributed by atoms with Crippen LogP contribution in [0, 0.1) is 0 Å². The van der Waals surface area contributed by atoms with E-state index in [0.717, 1.165) is 37.9 Å². The molecule has 1 saturated heterocycles. The van der Waals surface area contributed by atoms with Crippen molar-refractivity contribution in [1.82, 2.24) is 14.8 Å². The number of piperazine rings is 1. The van der Waals surface area contributed by atoms with Gasteiger partial charge in [0.1, 0.15) is 5.69 Å². The number of anilines is 1. The van der Waals surface area contributed by atoms with Crippen LogP contribution in [0.15, 0.2) is 18.3 Å². The zero-order valence-corrected chi connectivity index (χ0v) is 12.7. The topological polar surface area (TPSA) is 48.5 Å². The van der Waals surface area contributed by atoms with Gasteiger partial charge in [0.15, 0.2) is 0 Å². The Bertz CT molecular complexity index is 474. The minimum absolute atomic E-state index is 0.0590. The van der Waals surface area contributed by atoms with Crippen molar-refractivity contribution in [3.8, 4) is 0 Å². The number of hydrogen-bond acceptors (Lipinski definition) is 4. The first-order chi connectivity index (χ1) is 10.3. The monoisotopic (exact) mass is 288 g/mol. The molecule has 21 heavy (non-hydrogen) atoms. The number of hydrogen-bond donors (Lipinski definition) is 1. The molecule has 1 aromatic heterocycles. The Balaban J connectivity index is 1.56.